The molecule has 0 heterocycles. The summed E-state index contributed by atoms with van der Waals surface area (Å²) in [5.74, 6) is 0. The monoisotopic (exact) mass is 136 g/mol. The van der Waals surface area contributed by atoms with Crippen molar-refractivity contribution in [1.29, 1.82) is 0 Å². The molecule has 0 aromatic heterocycles. The van der Waals surface area contributed by atoms with E-state index in [2.05, 4.69) is 5.09 Å². The van der Waals surface area contributed by atoms with Crippen LogP contribution in [0.1, 0.15) is 0 Å². The van der Waals surface area contributed by atoms with Gasteiger partial charge in [-0.05, 0) is 0 Å². The van der Waals surface area contributed by atoms with Gasteiger partial charge in [0.1, 0.15) is 0 Å². The largest absolute Gasteiger partial charge is 0.428 e. The van der Waals surface area contributed by atoms with Gasteiger partial charge in [-0.1, -0.05) is 4.57 Å². The zero-order chi connectivity index (χ0) is 6.41. The van der Waals surface area contributed by atoms with E-state index in [-0.39, 0.29) is 0 Å². The first-order valence-electron chi connectivity index (χ1n) is 2.40. The second kappa shape index (κ2) is 5.16. The van der Waals surface area contributed by atoms with Gasteiger partial charge in [0.25, 0.3) is 0 Å². The minimum Gasteiger partial charge on any atom is -0.383 e. The van der Waals surface area contributed by atoms with Gasteiger partial charge in [-0.2, -0.15) is 0 Å². The third kappa shape index (κ3) is 6.02. The average molecular weight is 136 g/mol. The highest BCUT2D eigenvalue weighted by atomic mass is 31.1. The molecule has 0 amide bonds. The van der Waals surface area contributed by atoms with E-state index in [1.807, 2.05) is 0 Å². The maximum absolute atomic E-state index is 10.3. The molecule has 4 heteroatoms. The van der Waals surface area contributed by atoms with Crippen molar-refractivity contribution < 1.29 is 9.30 Å². The number of ether oxygens (including phenoxy) is 1. The van der Waals surface area contributed by atoms with Crippen LogP contribution in [0.2, 0.25) is 0 Å². The molecule has 1 unspecified atom stereocenters. The first-order valence-corrected chi connectivity index (χ1v) is 4.11. The topological polar surface area (TPSA) is 38.3 Å². The summed E-state index contributed by atoms with van der Waals surface area (Å²) in [6.45, 7) is 2.92. The van der Waals surface area contributed by atoms with Crippen LogP contribution in [0.25, 0.3) is 0 Å². The molecular weight excluding hydrogens is 125 g/mol. The van der Waals surface area contributed by atoms with Crippen LogP contribution in [0.3, 0.4) is 0 Å². The molecule has 3 nitrogen and oxygen atoms in total. The Kier molecular flexibility index (Phi) is 5.18. The number of hydrogen-bond donors (Lipinski definition) is 1. The first kappa shape index (κ1) is 8.02. The molecule has 0 bridgehead atoms. The zero-order valence-corrected chi connectivity index (χ0v) is 6.07. The van der Waals surface area contributed by atoms with E-state index in [4.69, 9.17) is 4.74 Å². The van der Waals surface area contributed by atoms with Crippen molar-refractivity contribution in [1.82, 2.24) is 5.09 Å². The van der Waals surface area contributed by atoms with Crippen molar-refractivity contribution >= 4 is 7.95 Å². The SMILES string of the molecule is COCCN[P+](C)=O. The number of hydrogen-bond acceptors (Lipinski definition) is 2. The van der Waals surface area contributed by atoms with E-state index in [9.17, 15) is 4.57 Å². The van der Waals surface area contributed by atoms with E-state index in [0.717, 1.165) is 0 Å². The Morgan fingerprint density at radius 3 is 2.75 bits per heavy atom. The molecule has 0 rings (SSSR count). The molecule has 0 saturated carbocycles. The maximum atomic E-state index is 10.3. The van der Waals surface area contributed by atoms with E-state index < -0.39 is 7.95 Å². The second-order valence-corrected chi connectivity index (χ2v) is 2.71. The van der Waals surface area contributed by atoms with Crippen molar-refractivity contribution in [3.63, 3.8) is 0 Å². The number of methoxy groups -OCH3 is 1. The summed E-state index contributed by atoms with van der Waals surface area (Å²) >= 11 is 0. The van der Waals surface area contributed by atoms with Gasteiger partial charge in [-0.15, -0.1) is 5.09 Å². The minimum atomic E-state index is -1.19. The fourth-order valence-electron chi connectivity index (χ4n) is 0.305. The molecule has 0 aromatic carbocycles. The van der Waals surface area contributed by atoms with Gasteiger partial charge in [0, 0.05) is 7.11 Å². The van der Waals surface area contributed by atoms with Crippen LogP contribution in [0.4, 0.5) is 0 Å². The molecule has 0 radical (unpaired) electrons. The van der Waals surface area contributed by atoms with Crippen LogP contribution in [-0.2, 0) is 9.30 Å². The number of nitrogens with one attached hydrogen (secondary N) is 1. The Balaban J connectivity index is 2.82. The highest BCUT2D eigenvalue weighted by Gasteiger charge is 2.00. The summed E-state index contributed by atoms with van der Waals surface area (Å²) in [6.07, 6.45) is 0. The highest BCUT2D eigenvalue weighted by molar-refractivity contribution is 7.41. The molecule has 0 aliphatic heterocycles. The fraction of sp³-hybridized carbons (Fsp3) is 1.00. The zero-order valence-electron chi connectivity index (χ0n) is 5.18. The normalized spacial score (nSPS) is 11.5. The molecule has 1 atom stereocenters. The number of rotatable bonds is 4. The Morgan fingerprint density at radius 1 is 1.75 bits per heavy atom. The van der Waals surface area contributed by atoms with Gasteiger partial charge in [-0.25, -0.2) is 0 Å². The van der Waals surface area contributed by atoms with Crippen LogP contribution in [0.5, 0.6) is 0 Å². The van der Waals surface area contributed by atoms with Crippen LogP contribution in [0.15, 0.2) is 0 Å². The van der Waals surface area contributed by atoms with Crippen molar-refractivity contribution in [2.24, 2.45) is 0 Å². The summed E-state index contributed by atoms with van der Waals surface area (Å²) in [5, 5.41) is 2.73. The van der Waals surface area contributed by atoms with Crippen molar-refractivity contribution in [3.05, 3.63) is 0 Å². The lowest BCUT2D eigenvalue weighted by molar-refractivity contribution is 0.204. The minimum absolute atomic E-state index is 0.620. The van der Waals surface area contributed by atoms with Gasteiger partial charge >= 0.3 is 7.95 Å². The molecule has 0 aromatic rings. The molecule has 0 fully saturated rings. The first-order chi connectivity index (χ1) is 3.77. The molecule has 0 aliphatic carbocycles. The average Bonchev–Trinajstić information content (AvgIpc) is 1.66. The Hall–Kier alpha value is 0.0200. The third-order valence-corrected chi connectivity index (χ3v) is 1.31. The van der Waals surface area contributed by atoms with Crippen LogP contribution >= 0.6 is 7.95 Å². The summed E-state index contributed by atoms with van der Waals surface area (Å²) in [5.41, 5.74) is 0. The van der Waals surface area contributed by atoms with E-state index in [1.165, 1.54) is 0 Å². The van der Waals surface area contributed by atoms with E-state index >= 15 is 0 Å². The van der Waals surface area contributed by atoms with Crippen molar-refractivity contribution in [2.75, 3.05) is 26.9 Å². The highest BCUT2D eigenvalue weighted by Crippen LogP contribution is 2.02. The lowest BCUT2D eigenvalue weighted by Gasteiger charge is -1.89. The molecule has 0 aliphatic rings. The van der Waals surface area contributed by atoms with Crippen LogP contribution in [-0.4, -0.2) is 26.9 Å². The quantitative estimate of drug-likeness (QED) is 0.454. The molecular formula is C4H11NO2P+. The van der Waals surface area contributed by atoms with E-state index in [0.29, 0.717) is 13.2 Å². The summed E-state index contributed by atoms with van der Waals surface area (Å²) in [4.78, 5) is 0. The molecule has 8 heavy (non-hydrogen) atoms. The Labute approximate surface area is 50.3 Å². The second-order valence-electron chi connectivity index (χ2n) is 1.40. The van der Waals surface area contributed by atoms with Gasteiger partial charge in [0.05, 0.1) is 13.2 Å². The Bertz CT molecular complexity index is 76.4. The van der Waals surface area contributed by atoms with Gasteiger partial charge in [0.2, 0.25) is 0 Å². The molecule has 0 spiro atoms. The maximum Gasteiger partial charge on any atom is 0.428 e. The van der Waals surface area contributed by atoms with Gasteiger partial charge in [-0.3, -0.25) is 0 Å². The predicted octanol–water partition coefficient (Wildman–Crippen LogP) is 0.595. The summed E-state index contributed by atoms with van der Waals surface area (Å²) in [6, 6.07) is 0. The van der Waals surface area contributed by atoms with E-state index in [1.54, 1.807) is 13.8 Å². The predicted molar refractivity (Wildman–Crippen MR) is 33.4 cm³/mol. The van der Waals surface area contributed by atoms with Gasteiger partial charge in [0.15, 0.2) is 6.66 Å². The summed E-state index contributed by atoms with van der Waals surface area (Å²) < 4.78 is 15.0. The van der Waals surface area contributed by atoms with Crippen LogP contribution < -0.4 is 5.09 Å². The van der Waals surface area contributed by atoms with Gasteiger partial charge < -0.3 is 4.74 Å². The summed E-state index contributed by atoms with van der Waals surface area (Å²) in [7, 11) is 0.423. The smallest absolute Gasteiger partial charge is 0.383 e. The molecule has 1 N–H and O–H groups in total. The lowest BCUT2D eigenvalue weighted by Crippen LogP contribution is -2.10. The third-order valence-electron chi connectivity index (χ3n) is 0.641. The Morgan fingerprint density at radius 2 is 2.38 bits per heavy atom. The fourth-order valence-corrected chi connectivity index (χ4v) is 0.711. The standard InChI is InChI=1S/C4H11NO2P/c1-7-4-3-5-8(2)6/h3-4H2,1-2H3,(H,5,6)/q+1. The van der Waals surface area contributed by atoms with Crippen LogP contribution in [0, 0.1) is 0 Å². The lowest BCUT2D eigenvalue weighted by atomic mass is 10.7. The molecule has 0 saturated heterocycles. The molecule has 48 valence electrons. The van der Waals surface area contributed by atoms with Crippen molar-refractivity contribution in [2.45, 2.75) is 0 Å². The van der Waals surface area contributed by atoms with Crippen molar-refractivity contribution in [3.8, 4) is 0 Å².